The first-order valence-corrected chi connectivity index (χ1v) is 8.22. The van der Waals surface area contributed by atoms with Crippen molar-refractivity contribution in [2.24, 2.45) is 0 Å². The molecule has 0 spiro atoms. The van der Waals surface area contributed by atoms with Gasteiger partial charge in [-0.3, -0.25) is 0 Å². The van der Waals surface area contributed by atoms with Crippen molar-refractivity contribution in [2.75, 3.05) is 0 Å². The molecule has 0 aliphatic heterocycles. The van der Waals surface area contributed by atoms with E-state index in [2.05, 4.69) is 34.6 Å². The third-order valence-electron chi connectivity index (χ3n) is 2.81. The summed E-state index contributed by atoms with van der Waals surface area (Å²) in [5.74, 6) is 7.34. The van der Waals surface area contributed by atoms with Gasteiger partial charge in [-0.2, -0.15) is 0 Å². The summed E-state index contributed by atoms with van der Waals surface area (Å²) in [4.78, 5) is 0. The Balaban J connectivity index is 0.000000424. The number of halogens is 2. The predicted molar refractivity (Wildman–Crippen MR) is 56.3 cm³/mol. The van der Waals surface area contributed by atoms with Crippen molar-refractivity contribution in [3.63, 3.8) is 0 Å². The molecular formula is C10H15Cl2Rh+. The first-order chi connectivity index (χ1) is 5.97. The van der Waals surface area contributed by atoms with Gasteiger partial charge in [0, 0.05) is 0 Å². The van der Waals surface area contributed by atoms with E-state index >= 15 is 0 Å². The van der Waals surface area contributed by atoms with E-state index in [9.17, 15) is 0 Å². The Morgan fingerprint density at radius 2 is 0.692 bits per heavy atom. The summed E-state index contributed by atoms with van der Waals surface area (Å²) >= 11 is -0.226. The molecule has 0 aromatic heterocycles. The number of rotatable bonds is 0. The number of hydrogen-bond donors (Lipinski definition) is 0. The predicted octanol–water partition coefficient (Wildman–Crippen LogP) is 4.35. The Morgan fingerprint density at radius 1 is 0.615 bits per heavy atom. The molecule has 0 aromatic rings. The second-order valence-corrected chi connectivity index (χ2v) is 5.66. The van der Waals surface area contributed by atoms with Crippen molar-refractivity contribution in [2.45, 2.75) is 34.6 Å². The molecule has 0 saturated heterocycles. The van der Waals surface area contributed by atoms with E-state index in [0.717, 1.165) is 0 Å². The molecule has 0 amide bonds. The Morgan fingerprint density at radius 3 is 0.769 bits per heavy atom. The minimum atomic E-state index is -0.226. The molecule has 77 valence electrons. The van der Waals surface area contributed by atoms with Crippen molar-refractivity contribution in [3.05, 3.63) is 29.6 Å². The molecule has 5 radical (unpaired) electrons. The summed E-state index contributed by atoms with van der Waals surface area (Å²) in [6, 6.07) is 0. The van der Waals surface area contributed by atoms with Crippen LogP contribution in [0.1, 0.15) is 34.6 Å². The van der Waals surface area contributed by atoms with Crippen molar-refractivity contribution < 1.29 is 15.1 Å². The zero-order chi connectivity index (χ0) is 10.6. The third kappa shape index (κ3) is 3.69. The summed E-state index contributed by atoms with van der Waals surface area (Å²) in [6.07, 6.45) is 0. The summed E-state index contributed by atoms with van der Waals surface area (Å²) in [7, 11) is 9.67. The first kappa shape index (κ1) is 14.2. The van der Waals surface area contributed by atoms with Crippen molar-refractivity contribution in [1.82, 2.24) is 0 Å². The van der Waals surface area contributed by atoms with Crippen LogP contribution in [0.4, 0.5) is 0 Å². The fraction of sp³-hybridized carbons (Fsp3) is 0.500. The third-order valence-corrected chi connectivity index (χ3v) is 2.81. The Kier molecular flexibility index (Phi) is 7.26. The van der Waals surface area contributed by atoms with Crippen LogP contribution in [0.25, 0.3) is 0 Å². The van der Waals surface area contributed by atoms with Crippen LogP contribution >= 0.6 is 19.4 Å². The molecule has 1 rings (SSSR count). The molecule has 13 heavy (non-hydrogen) atoms. The Labute approximate surface area is 98.4 Å². The number of hydrogen-bond acceptors (Lipinski definition) is 0. The summed E-state index contributed by atoms with van der Waals surface area (Å²) in [5.41, 5.74) is 0. The molecule has 1 saturated carbocycles. The molecule has 0 heterocycles. The zero-order valence-corrected chi connectivity index (χ0v) is 11.7. The van der Waals surface area contributed by atoms with Gasteiger partial charge < -0.3 is 0 Å². The maximum atomic E-state index is 4.83. The SMILES string of the molecule is C[C]1[C](C)[C](C)[C](C)[C]1C.[Cl][Rh+][Cl]. The van der Waals surface area contributed by atoms with E-state index in [0.29, 0.717) is 0 Å². The van der Waals surface area contributed by atoms with Gasteiger partial charge in [-0.1, -0.05) is 34.6 Å². The van der Waals surface area contributed by atoms with E-state index < -0.39 is 0 Å². The Bertz CT molecular complexity index is 96.1. The van der Waals surface area contributed by atoms with Crippen molar-refractivity contribution in [1.29, 1.82) is 0 Å². The average Bonchev–Trinajstić information content (AvgIpc) is 2.25. The molecular weight excluding hydrogens is 294 g/mol. The van der Waals surface area contributed by atoms with Gasteiger partial charge in [0.2, 0.25) is 0 Å². The van der Waals surface area contributed by atoms with Gasteiger partial charge in [-0.25, -0.2) is 0 Å². The zero-order valence-electron chi connectivity index (χ0n) is 8.59. The fourth-order valence-corrected chi connectivity index (χ4v) is 1.41. The minimum absolute atomic E-state index is 0.226. The van der Waals surface area contributed by atoms with Gasteiger partial charge in [0.1, 0.15) is 0 Å². The van der Waals surface area contributed by atoms with Crippen LogP contribution in [0.3, 0.4) is 0 Å². The normalized spacial score (nSPS) is 23.6. The van der Waals surface area contributed by atoms with Gasteiger partial charge in [-0.05, 0) is 29.6 Å². The quantitative estimate of drug-likeness (QED) is 0.584. The first-order valence-electron chi connectivity index (χ1n) is 4.00. The molecule has 0 unspecified atom stereocenters. The fourth-order valence-electron chi connectivity index (χ4n) is 1.41. The standard InChI is InChI=1S/C10H15.2ClH.Rh/c1-6-7(2)9(4)10(5)8(6)3;;;/h1-5H3;2*1H;/q;;;+3/p-2. The van der Waals surface area contributed by atoms with E-state index in [-0.39, 0.29) is 15.1 Å². The molecule has 1 fully saturated rings. The molecule has 1 aliphatic rings. The molecule has 3 heteroatoms. The topological polar surface area (TPSA) is 0 Å². The monoisotopic (exact) mass is 308 g/mol. The molecule has 1 aliphatic carbocycles. The molecule has 0 atom stereocenters. The van der Waals surface area contributed by atoms with E-state index in [4.69, 9.17) is 19.4 Å². The van der Waals surface area contributed by atoms with Gasteiger partial charge >= 0.3 is 34.5 Å². The van der Waals surface area contributed by atoms with Gasteiger partial charge in [0.05, 0.1) is 0 Å². The Hall–Kier alpha value is 1.20. The molecule has 0 bridgehead atoms. The van der Waals surface area contributed by atoms with Crippen LogP contribution < -0.4 is 0 Å². The van der Waals surface area contributed by atoms with Crippen LogP contribution in [0, 0.1) is 29.6 Å². The van der Waals surface area contributed by atoms with Crippen LogP contribution in [0.2, 0.25) is 0 Å². The van der Waals surface area contributed by atoms with Crippen LogP contribution in [0.5, 0.6) is 0 Å². The molecule has 0 aromatic carbocycles. The second-order valence-electron chi connectivity index (χ2n) is 3.17. The second kappa shape index (κ2) is 6.64. The molecule has 0 nitrogen and oxygen atoms in total. The van der Waals surface area contributed by atoms with E-state index in [1.165, 1.54) is 29.6 Å². The summed E-state index contributed by atoms with van der Waals surface area (Å²) in [5, 5.41) is 0. The van der Waals surface area contributed by atoms with Gasteiger partial charge in [0.25, 0.3) is 0 Å². The van der Waals surface area contributed by atoms with Crippen molar-refractivity contribution >= 4 is 19.4 Å². The molecule has 0 N–H and O–H groups in total. The average molecular weight is 309 g/mol. The summed E-state index contributed by atoms with van der Waals surface area (Å²) < 4.78 is 0. The van der Waals surface area contributed by atoms with Gasteiger partial charge in [0.15, 0.2) is 0 Å². The maximum absolute atomic E-state index is 4.83. The van der Waals surface area contributed by atoms with E-state index in [1.807, 2.05) is 0 Å². The van der Waals surface area contributed by atoms with Crippen LogP contribution in [-0.2, 0) is 15.1 Å². The van der Waals surface area contributed by atoms with E-state index in [1.54, 1.807) is 0 Å². The summed E-state index contributed by atoms with van der Waals surface area (Å²) in [6.45, 7) is 11.0. The van der Waals surface area contributed by atoms with Crippen molar-refractivity contribution in [3.8, 4) is 0 Å². The van der Waals surface area contributed by atoms with Crippen LogP contribution in [0.15, 0.2) is 0 Å². The van der Waals surface area contributed by atoms with Gasteiger partial charge in [-0.15, -0.1) is 0 Å². The van der Waals surface area contributed by atoms with Crippen LogP contribution in [-0.4, -0.2) is 0 Å².